The number of rotatable bonds is 8. The summed E-state index contributed by atoms with van der Waals surface area (Å²) < 4.78 is 7.28. The van der Waals surface area contributed by atoms with E-state index in [0.29, 0.717) is 17.7 Å². The third-order valence-corrected chi connectivity index (χ3v) is 13.5. The summed E-state index contributed by atoms with van der Waals surface area (Å²) in [5, 5.41) is 2.40. The van der Waals surface area contributed by atoms with E-state index in [0.717, 1.165) is 16.7 Å². The molecule has 1 aliphatic heterocycles. The Kier molecular flexibility index (Phi) is 8.18. The summed E-state index contributed by atoms with van der Waals surface area (Å²) in [5.74, 6) is -0.473. The molecule has 0 fully saturated rings. The predicted octanol–water partition coefficient (Wildman–Crippen LogP) is 7.08. The topological polar surface area (TPSA) is 46.6 Å². The minimum absolute atomic E-state index is 0.114. The van der Waals surface area contributed by atoms with Crippen LogP contribution in [0.1, 0.15) is 70.7 Å². The lowest BCUT2D eigenvalue weighted by Crippen LogP contribution is -2.66. The number of carbonyl (C=O) groups excluding carboxylic acids is 2. The van der Waals surface area contributed by atoms with E-state index >= 15 is 0 Å². The van der Waals surface area contributed by atoms with Crippen molar-refractivity contribution in [2.45, 2.75) is 53.2 Å². The molecular formula is C37H39NO3Si. The molecule has 5 heteroatoms. The summed E-state index contributed by atoms with van der Waals surface area (Å²) in [4.78, 5) is 27.1. The van der Waals surface area contributed by atoms with E-state index in [-0.39, 0.29) is 23.4 Å². The van der Waals surface area contributed by atoms with Crippen molar-refractivity contribution in [2.75, 3.05) is 6.54 Å². The van der Waals surface area contributed by atoms with E-state index in [1.165, 1.54) is 26.4 Å². The van der Waals surface area contributed by atoms with Crippen LogP contribution in [0, 0.1) is 13.8 Å². The number of allylic oxidation sites excluding steroid dienone is 1. The van der Waals surface area contributed by atoms with E-state index in [4.69, 9.17) is 4.43 Å². The summed E-state index contributed by atoms with van der Waals surface area (Å²) in [6.07, 6.45) is 1.98. The van der Waals surface area contributed by atoms with Gasteiger partial charge in [0.2, 0.25) is 0 Å². The van der Waals surface area contributed by atoms with Crippen molar-refractivity contribution in [1.82, 2.24) is 4.90 Å². The van der Waals surface area contributed by atoms with Crippen molar-refractivity contribution in [3.05, 3.63) is 137 Å². The first kappa shape index (κ1) is 29.4. The standard InChI is InChI=1S/C37H39NO3Si/c1-26-21-22-31(27(2)23-24-38-35(39)32-19-13-14-20-33(32)36(38)40)28(3)34(26)25-41-42(37(4,5)6,29-15-9-7-10-16-29)30-17-11-8-12-18-30/h7-23H,24-25H2,1-6H3. The first-order valence-electron chi connectivity index (χ1n) is 14.5. The van der Waals surface area contributed by atoms with E-state index in [2.05, 4.69) is 107 Å². The summed E-state index contributed by atoms with van der Waals surface area (Å²) >= 11 is 0. The maximum Gasteiger partial charge on any atom is 0.261 e. The molecule has 214 valence electrons. The second kappa shape index (κ2) is 11.7. The number of carbonyl (C=O) groups is 2. The van der Waals surface area contributed by atoms with E-state index in [9.17, 15) is 9.59 Å². The summed E-state index contributed by atoms with van der Waals surface area (Å²) in [5.41, 5.74) is 6.58. The Labute approximate surface area is 250 Å². The molecule has 0 saturated carbocycles. The maximum absolute atomic E-state index is 12.9. The van der Waals surface area contributed by atoms with Gasteiger partial charge in [-0.05, 0) is 76.1 Å². The lowest BCUT2D eigenvalue weighted by atomic mass is 9.94. The number of hydrogen-bond acceptors (Lipinski definition) is 3. The zero-order chi connectivity index (χ0) is 30.1. The lowest BCUT2D eigenvalue weighted by molar-refractivity contribution is 0.0672. The normalized spacial score (nSPS) is 14.0. The average molecular weight is 574 g/mol. The van der Waals surface area contributed by atoms with Gasteiger partial charge in [-0.1, -0.05) is 112 Å². The fraction of sp³-hybridized carbons (Fsp3) is 0.243. The Morgan fingerprint density at radius 3 is 1.76 bits per heavy atom. The third-order valence-electron chi connectivity index (χ3n) is 8.57. The smallest absolute Gasteiger partial charge is 0.261 e. The molecule has 0 saturated heterocycles. The first-order chi connectivity index (χ1) is 20.1. The molecule has 0 aromatic heterocycles. The van der Waals surface area contributed by atoms with Gasteiger partial charge in [0.05, 0.1) is 17.7 Å². The SMILES string of the molecule is CC(=CCN1C(=O)c2ccccc2C1=O)c1ccc(C)c(CO[Si](c2ccccc2)(c2ccccc2)C(C)(C)C)c1C. The van der Waals surface area contributed by atoms with Crippen LogP contribution >= 0.6 is 0 Å². The number of fused-ring (bicyclic) bond motifs is 1. The molecule has 0 aliphatic carbocycles. The van der Waals surface area contributed by atoms with E-state index in [1.807, 2.05) is 13.0 Å². The molecule has 0 spiro atoms. The Morgan fingerprint density at radius 1 is 0.762 bits per heavy atom. The van der Waals surface area contributed by atoms with Gasteiger partial charge in [0, 0.05) is 6.54 Å². The minimum atomic E-state index is -2.70. The Morgan fingerprint density at radius 2 is 1.26 bits per heavy atom. The number of amides is 2. The number of aryl methyl sites for hydroxylation is 1. The molecule has 0 unspecified atom stereocenters. The zero-order valence-corrected chi connectivity index (χ0v) is 26.4. The highest BCUT2D eigenvalue weighted by Gasteiger charge is 2.50. The Bertz CT molecular complexity index is 1580. The van der Waals surface area contributed by atoms with Crippen molar-refractivity contribution >= 4 is 36.1 Å². The number of imide groups is 1. The molecule has 0 radical (unpaired) electrons. The van der Waals surface area contributed by atoms with Crippen LogP contribution in [0.2, 0.25) is 5.04 Å². The molecule has 4 aromatic carbocycles. The second-order valence-corrected chi connectivity index (χ2v) is 16.4. The first-order valence-corrected chi connectivity index (χ1v) is 16.4. The number of hydrogen-bond donors (Lipinski definition) is 0. The molecule has 0 bridgehead atoms. The molecule has 4 aromatic rings. The van der Waals surface area contributed by atoms with Gasteiger partial charge >= 0.3 is 0 Å². The van der Waals surface area contributed by atoms with Crippen LogP contribution in [-0.4, -0.2) is 31.6 Å². The fourth-order valence-electron chi connectivity index (χ4n) is 6.23. The quantitative estimate of drug-likeness (QED) is 0.167. The van der Waals surface area contributed by atoms with Gasteiger partial charge in [0.25, 0.3) is 20.1 Å². The van der Waals surface area contributed by atoms with Gasteiger partial charge < -0.3 is 4.43 Å². The van der Waals surface area contributed by atoms with Gasteiger partial charge in [0.1, 0.15) is 0 Å². The van der Waals surface area contributed by atoms with Crippen molar-refractivity contribution in [3.63, 3.8) is 0 Å². The molecule has 1 heterocycles. The molecule has 2 amide bonds. The highest BCUT2D eigenvalue weighted by molar-refractivity contribution is 6.99. The second-order valence-electron chi connectivity index (χ2n) is 12.1. The van der Waals surface area contributed by atoms with Gasteiger partial charge in [-0.3, -0.25) is 14.5 Å². The van der Waals surface area contributed by atoms with Gasteiger partial charge in [0.15, 0.2) is 0 Å². The molecule has 0 N–H and O–H groups in total. The molecule has 0 atom stereocenters. The van der Waals surface area contributed by atoms with Gasteiger partial charge in [-0.25, -0.2) is 0 Å². The number of benzene rings is 4. The largest absolute Gasteiger partial charge is 0.403 e. The van der Waals surface area contributed by atoms with Crippen LogP contribution in [0.4, 0.5) is 0 Å². The van der Waals surface area contributed by atoms with Crippen molar-refractivity contribution in [3.8, 4) is 0 Å². The molecular weight excluding hydrogens is 534 g/mol. The predicted molar refractivity (Wildman–Crippen MR) is 174 cm³/mol. The molecule has 4 nitrogen and oxygen atoms in total. The number of nitrogens with zero attached hydrogens (tertiary/aromatic N) is 1. The maximum atomic E-state index is 12.9. The lowest BCUT2D eigenvalue weighted by Gasteiger charge is -2.43. The monoisotopic (exact) mass is 573 g/mol. The van der Waals surface area contributed by atoms with Crippen molar-refractivity contribution in [2.24, 2.45) is 0 Å². The van der Waals surface area contributed by atoms with Crippen LogP contribution in [0.3, 0.4) is 0 Å². The van der Waals surface area contributed by atoms with Gasteiger partial charge in [-0.2, -0.15) is 0 Å². The van der Waals surface area contributed by atoms with Crippen molar-refractivity contribution < 1.29 is 14.0 Å². The third kappa shape index (κ3) is 5.19. The summed E-state index contributed by atoms with van der Waals surface area (Å²) in [6.45, 7) is 13.9. The van der Waals surface area contributed by atoms with Crippen LogP contribution in [0.25, 0.3) is 5.57 Å². The highest BCUT2D eigenvalue weighted by atomic mass is 28.4. The van der Waals surface area contributed by atoms with Crippen LogP contribution < -0.4 is 10.4 Å². The molecule has 5 rings (SSSR count). The van der Waals surface area contributed by atoms with Crippen molar-refractivity contribution in [1.29, 1.82) is 0 Å². The van der Waals surface area contributed by atoms with Crippen LogP contribution in [-0.2, 0) is 11.0 Å². The minimum Gasteiger partial charge on any atom is -0.403 e. The van der Waals surface area contributed by atoms with E-state index in [1.54, 1.807) is 24.3 Å². The van der Waals surface area contributed by atoms with E-state index < -0.39 is 8.32 Å². The Hall–Kier alpha value is -4.06. The fourth-order valence-corrected chi connectivity index (χ4v) is 10.7. The highest BCUT2D eigenvalue weighted by Crippen LogP contribution is 2.38. The van der Waals surface area contributed by atoms with Crippen LogP contribution in [0.15, 0.2) is 103 Å². The molecule has 1 aliphatic rings. The summed E-state index contributed by atoms with van der Waals surface area (Å²) in [7, 11) is -2.70. The zero-order valence-electron chi connectivity index (χ0n) is 25.4. The average Bonchev–Trinajstić information content (AvgIpc) is 3.22. The molecule has 42 heavy (non-hydrogen) atoms. The summed E-state index contributed by atoms with van der Waals surface area (Å²) in [6, 6.07) is 32.7. The van der Waals surface area contributed by atoms with Gasteiger partial charge in [-0.15, -0.1) is 0 Å². The van der Waals surface area contributed by atoms with Crippen LogP contribution in [0.5, 0.6) is 0 Å². The Balaban J connectivity index is 1.47.